The lowest BCUT2D eigenvalue weighted by molar-refractivity contribution is -0.906. The molecule has 0 saturated heterocycles. The van der Waals surface area contributed by atoms with Gasteiger partial charge >= 0.3 is 5.97 Å². The summed E-state index contributed by atoms with van der Waals surface area (Å²) in [6.45, 7) is 7.86. The van der Waals surface area contributed by atoms with Gasteiger partial charge in [-0.3, -0.25) is 0 Å². The summed E-state index contributed by atoms with van der Waals surface area (Å²) < 4.78 is 6.58. The molecular weight excluding hydrogens is 326 g/mol. The van der Waals surface area contributed by atoms with Crippen LogP contribution in [0.2, 0.25) is 0 Å². The fraction of sp³-hybridized carbons (Fsp3) is 0.682. The molecule has 1 aliphatic rings. The smallest absolute Gasteiger partial charge is 0.343 e. The maximum Gasteiger partial charge on any atom is 0.343 e. The Morgan fingerprint density at radius 3 is 2.35 bits per heavy atom. The average Bonchev–Trinajstić information content (AvgIpc) is 2.71. The van der Waals surface area contributed by atoms with Crippen molar-refractivity contribution in [2.45, 2.75) is 58.0 Å². The number of benzene rings is 1. The van der Waals surface area contributed by atoms with Gasteiger partial charge in [-0.05, 0) is 32.3 Å². The number of carbonyl (C=O) groups excluding carboxylic acids is 1. The second kappa shape index (κ2) is 9.52. The molecule has 26 heavy (non-hydrogen) atoms. The van der Waals surface area contributed by atoms with Crippen molar-refractivity contribution in [3.8, 4) is 0 Å². The number of esters is 1. The molecule has 1 fully saturated rings. The van der Waals surface area contributed by atoms with E-state index >= 15 is 0 Å². The Kier molecular flexibility index (Phi) is 7.66. The second-order valence-electron chi connectivity index (χ2n) is 7.93. The van der Waals surface area contributed by atoms with Crippen molar-refractivity contribution in [2.75, 3.05) is 33.3 Å². The first kappa shape index (κ1) is 20.9. The highest BCUT2D eigenvalue weighted by atomic mass is 16.5. The van der Waals surface area contributed by atoms with Crippen molar-refractivity contribution in [2.24, 2.45) is 5.92 Å². The topological polar surface area (TPSA) is 46.5 Å². The molecular formula is C22H36NO3+. The van der Waals surface area contributed by atoms with Gasteiger partial charge in [-0.25, -0.2) is 4.79 Å². The van der Waals surface area contributed by atoms with Crippen LogP contribution in [-0.2, 0) is 15.1 Å². The minimum atomic E-state index is -1.52. The SMILES string of the molecule is CC[N+](C)(CC)CCCOC(=O)[C@@](O)(c1ccccc1)C1CCCCC1. The van der Waals surface area contributed by atoms with Crippen LogP contribution >= 0.6 is 0 Å². The van der Waals surface area contributed by atoms with E-state index in [1.807, 2.05) is 30.3 Å². The molecule has 4 nitrogen and oxygen atoms in total. The van der Waals surface area contributed by atoms with Gasteiger partial charge in [-0.2, -0.15) is 0 Å². The molecule has 0 radical (unpaired) electrons. The number of hydrogen-bond acceptors (Lipinski definition) is 3. The van der Waals surface area contributed by atoms with Gasteiger partial charge in [0.25, 0.3) is 0 Å². The van der Waals surface area contributed by atoms with E-state index < -0.39 is 11.6 Å². The van der Waals surface area contributed by atoms with E-state index in [1.165, 1.54) is 6.42 Å². The molecule has 0 heterocycles. The number of ether oxygens (including phenoxy) is 1. The third-order valence-electron chi connectivity index (χ3n) is 6.32. The van der Waals surface area contributed by atoms with Gasteiger partial charge in [-0.15, -0.1) is 0 Å². The summed E-state index contributed by atoms with van der Waals surface area (Å²) >= 11 is 0. The van der Waals surface area contributed by atoms with Crippen LogP contribution < -0.4 is 0 Å². The molecule has 1 atom stereocenters. The van der Waals surface area contributed by atoms with Crippen molar-refractivity contribution >= 4 is 5.97 Å². The zero-order chi connectivity index (χ0) is 19.0. The van der Waals surface area contributed by atoms with E-state index in [4.69, 9.17) is 4.74 Å². The molecule has 1 aromatic carbocycles. The highest BCUT2D eigenvalue weighted by Gasteiger charge is 2.47. The summed E-state index contributed by atoms with van der Waals surface area (Å²) in [6, 6.07) is 9.35. The zero-order valence-corrected chi connectivity index (χ0v) is 16.7. The summed E-state index contributed by atoms with van der Waals surface area (Å²) in [4.78, 5) is 13.0. The third kappa shape index (κ3) is 4.86. The predicted octanol–water partition coefficient (Wildman–Crippen LogP) is 3.87. The number of rotatable bonds is 9. The molecule has 0 bridgehead atoms. The lowest BCUT2D eigenvalue weighted by Crippen LogP contribution is -2.46. The van der Waals surface area contributed by atoms with Crippen LogP contribution in [0.25, 0.3) is 0 Å². The van der Waals surface area contributed by atoms with Crippen LogP contribution in [0.3, 0.4) is 0 Å². The molecule has 0 amide bonds. The van der Waals surface area contributed by atoms with E-state index in [1.54, 1.807) is 0 Å². The van der Waals surface area contributed by atoms with Crippen LogP contribution in [0.4, 0.5) is 0 Å². The molecule has 0 aromatic heterocycles. The number of carbonyl (C=O) groups is 1. The quantitative estimate of drug-likeness (QED) is 0.412. The maximum atomic E-state index is 13.0. The van der Waals surface area contributed by atoms with Gasteiger partial charge in [0, 0.05) is 12.3 Å². The van der Waals surface area contributed by atoms with Crippen molar-refractivity contribution in [1.29, 1.82) is 0 Å². The number of aliphatic hydroxyl groups is 1. The predicted molar refractivity (Wildman–Crippen MR) is 105 cm³/mol. The van der Waals surface area contributed by atoms with Crippen LogP contribution in [0, 0.1) is 5.92 Å². The maximum absolute atomic E-state index is 13.0. The highest BCUT2D eigenvalue weighted by Crippen LogP contribution is 2.40. The molecule has 0 spiro atoms. The molecule has 1 saturated carbocycles. The Labute approximate surface area is 158 Å². The number of quaternary nitrogens is 1. The van der Waals surface area contributed by atoms with Crippen molar-refractivity contribution < 1.29 is 19.1 Å². The van der Waals surface area contributed by atoms with Crippen LogP contribution in [0.15, 0.2) is 30.3 Å². The fourth-order valence-electron chi connectivity index (χ4n) is 3.99. The van der Waals surface area contributed by atoms with E-state index in [2.05, 4.69) is 20.9 Å². The third-order valence-corrected chi connectivity index (χ3v) is 6.32. The van der Waals surface area contributed by atoms with Gasteiger partial charge in [0.2, 0.25) is 0 Å². The van der Waals surface area contributed by atoms with E-state index in [0.717, 1.165) is 56.2 Å². The Bertz CT molecular complexity index is 550. The molecule has 1 N–H and O–H groups in total. The van der Waals surface area contributed by atoms with E-state index in [0.29, 0.717) is 12.2 Å². The minimum Gasteiger partial charge on any atom is -0.463 e. The van der Waals surface area contributed by atoms with E-state index in [9.17, 15) is 9.90 Å². The Balaban J connectivity index is 2.04. The summed E-state index contributed by atoms with van der Waals surface area (Å²) in [6.07, 6.45) is 5.88. The van der Waals surface area contributed by atoms with Crippen LogP contribution in [0.1, 0.15) is 57.9 Å². The lowest BCUT2D eigenvalue weighted by Gasteiger charge is -2.37. The van der Waals surface area contributed by atoms with E-state index in [-0.39, 0.29) is 5.92 Å². The van der Waals surface area contributed by atoms with Gasteiger partial charge in [0.05, 0.1) is 33.3 Å². The lowest BCUT2D eigenvalue weighted by atomic mass is 9.73. The molecule has 1 aromatic rings. The highest BCUT2D eigenvalue weighted by molar-refractivity contribution is 5.81. The summed E-state index contributed by atoms with van der Waals surface area (Å²) in [5.41, 5.74) is -0.852. The molecule has 0 unspecified atom stereocenters. The summed E-state index contributed by atoms with van der Waals surface area (Å²) in [5.74, 6) is -0.531. The first-order valence-corrected chi connectivity index (χ1v) is 10.2. The monoisotopic (exact) mass is 362 g/mol. The van der Waals surface area contributed by atoms with Gasteiger partial charge in [-0.1, -0.05) is 49.6 Å². The normalized spacial score (nSPS) is 18.3. The van der Waals surface area contributed by atoms with Crippen LogP contribution in [-0.4, -0.2) is 48.8 Å². The summed E-state index contributed by atoms with van der Waals surface area (Å²) in [5, 5.41) is 11.4. The molecule has 1 aliphatic carbocycles. The second-order valence-corrected chi connectivity index (χ2v) is 7.93. The minimum absolute atomic E-state index is 0.0570. The molecule has 4 heteroatoms. The standard InChI is InChI=1S/C22H36NO3/c1-4-23(3,5-2)17-12-18-26-21(24)22(25,19-13-8-6-9-14-19)20-15-10-7-11-16-20/h6,8-9,13-14,20,25H,4-5,7,10-12,15-18H2,1-3H3/q+1/t22-/m1/s1. The van der Waals surface area contributed by atoms with Gasteiger partial charge in [0.1, 0.15) is 0 Å². The number of nitrogens with zero attached hydrogens (tertiary/aromatic N) is 1. The Morgan fingerprint density at radius 2 is 1.77 bits per heavy atom. The first-order valence-electron chi connectivity index (χ1n) is 10.2. The van der Waals surface area contributed by atoms with Gasteiger partial charge in [0.15, 0.2) is 5.60 Å². The number of hydrogen-bond donors (Lipinski definition) is 1. The first-order chi connectivity index (χ1) is 12.5. The van der Waals surface area contributed by atoms with Crippen molar-refractivity contribution in [3.05, 3.63) is 35.9 Å². The average molecular weight is 363 g/mol. The van der Waals surface area contributed by atoms with Crippen LogP contribution in [0.5, 0.6) is 0 Å². The summed E-state index contributed by atoms with van der Waals surface area (Å²) in [7, 11) is 2.23. The largest absolute Gasteiger partial charge is 0.463 e. The Hall–Kier alpha value is -1.39. The molecule has 2 rings (SSSR count). The Morgan fingerprint density at radius 1 is 1.15 bits per heavy atom. The molecule has 0 aliphatic heterocycles. The van der Waals surface area contributed by atoms with Crippen molar-refractivity contribution in [1.82, 2.24) is 0 Å². The van der Waals surface area contributed by atoms with Gasteiger partial charge < -0.3 is 14.3 Å². The molecule has 146 valence electrons. The van der Waals surface area contributed by atoms with Crippen molar-refractivity contribution in [3.63, 3.8) is 0 Å². The fourth-order valence-corrected chi connectivity index (χ4v) is 3.99. The zero-order valence-electron chi connectivity index (χ0n) is 16.7.